The first-order valence-corrected chi connectivity index (χ1v) is 11.6. The van der Waals surface area contributed by atoms with Crippen LogP contribution in [0.4, 0.5) is 9.52 Å². The van der Waals surface area contributed by atoms with Crippen LogP contribution in [0.2, 0.25) is 0 Å². The lowest BCUT2D eigenvalue weighted by Crippen LogP contribution is -2.12. The highest BCUT2D eigenvalue weighted by Gasteiger charge is 2.15. The molecule has 1 N–H and O–H groups in total. The zero-order chi connectivity index (χ0) is 20.9. The molecule has 0 aliphatic carbocycles. The van der Waals surface area contributed by atoms with Crippen LogP contribution in [0.25, 0.3) is 11.3 Å². The summed E-state index contributed by atoms with van der Waals surface area (Å²) in [4.78, 5) is 22.4. The van der Waals surface area contributed by atoms with Gasteiger partial charge in [-0.2, -0.15) is 0 Å². The summed E-state index contributed by atoms with van der Waals surface area (Å²) in [7, 11) is 1.42. The summed E-state index contributed by atoms with van der Waals surface area (Å²) in [5, 5.41) is 7.06. The van der Waals surface area contributed by atoms with Crippen LogP contribution in [0.3, 0.4) is 0 Å². The Kier molecular flexibility index (Phi) is 6.41. The van der Waals surface area contributed by atoms with E-state index in [0.29, 0.717) is 27.7 Å². The van der Waals surface area contributed by atoms with Crippen molar-refractivity contribution in [1.82, 2.24) is 9.97 Å². The number of anilines is 1. The number of halogens is 1. The Balaban J connectivity index is 1.48. The van der Waals surface area contributed by atoms with Crippen LogP contribution in [0.5, 0.6) is 5.75 Å². The van der Waals surface area contributed by atoms with Gasteiger partial charge in [0.05, 0.1) is 29.6 Å². The molecule has 2 aromatic carbocycles. The molecule has 0 fully saturated rings. The highest BCUT2D eigenvalue weighted by atomic mass is 32.2. The van der Waals surface area contributed by atoms with Crippen molar-refractivity contribution in [1.29, 1.82) is 0 Å². The zero-order valence-corrected chi connectivity index (χ0v) is 18.2. The number of thioether (sulfide) groups is 1. The van der Waals surface area contributed by atoms with Crippen molar-refractivity contribution in [2.24, 2.45) is 0 Å². The lowest BCUT2D eigenvalue weighted by Gasteiger charge is -2.08. The molecule has 2 aromatic heterocycles. The first-order chi connectivity index (χ1) is 14.6. The van der Waals surface area contributed by atoms with E-state index in [9.17, 15) is 9.18 Å². The number of ether oxygens (including phenoxy) is 1. The van der Waals surface area contributed by atoms with Gasteiger partial charge in [0.15, 0.2) is 16.7 Å². The minimum absolute atomic E-state index is 0.175. The number of carbonyl (C=O) groups excluding carboxylic acids is 1. The fourth-order valence-electron chi connectivity index (χ4n) is 2.69. The standard InChI is InChI=1S/C21H16FN3O2S3/c1-27-18-7-6-13(8-16(18)22)17-11-30-21(24-17)25-20(26)15-4-2-3-5-19(15)29-10-14-9-28-12-23-14/h2-9,11-12H,10H2,1H3,(H,24,25,26). The normalized spacial score (nSPS) is 10.7. The summed E-state index contributed by atoms with van der Waals surface area (Å²) in [6.07, 6.45) is 0. The second-order valence-electron chi connectivity index (χ2n) is 6.11. The molecule has 4 aromatic rings. The highest BCUT2D eigenvalue weighted by Crippen LogP contribution is 2.30. The molecule has 0 unspecified atom stereocenters. The van der Waals surface area contributed by atoms with Gasteiger partial charge in [-0.1, -0.05) is 12.1 Å². The maximum atomic E-state index is 14.0. The molecule has 1 amide bonds. The summed E-state index contributed by atoms with van der Waals surface area (Å²) >= 11 is 4.40. The molecule has 0 radical (unpaired) electrons. The van der Waals surface area contributed by atoms with Gasteiger partial charge in [-0.3, -0.25) is 10.1 Å². The second-order valence-corrected chi connectivity index (χ2v) is 8.70. The van der Waals surface area contributed by atoms with E-state index >= 15 is 0 Å². The van der Waals surface area contributed by atoms with Crippen LogP contribution in [-0.2, 0) is 5.75 Å². The van der Waals surface area contributed by atoms with E-state index < -0.39 is 5.82 Å². The molecule has 0 aliphatic heterocycles. The van der Waals surface area contributed by atoms with Gasteiger partial charge < -0.3 is 4.74 Å². The van der Waals surface area contributed by atoms with Crippen molar-refractivity contribution in [3.63, 3.8) is 0 Å². The molecule has 9 heteroatoms. The molecule has 0 atom stereocenters. The summed E-state index contributed by atoms with van der Waals surface area (Å²) in [6.45, 7) is 0. The zero-order valence-electron chi connectivity index (χ0n) is 15.8. The Labute approximate surface area is 185 Å². The van der Waals surface area contributed by atoms with Crippen LogP contribution >= 0.6 is 34.4 Å². The first kappa shape index (κ1) is 20.5. The minimum Gasteiger partial charge on any atom is -0.494 e. The van der Waals surface area contributed by atoms with E-state index in [1.807, 2.05) is 23.6 Å². The summed E-state index contributed by atoms with van der Waals surface area (Å²) in [5.41, 5.74) is 4.55. The van der Waals surface area contributed by atoms with Crippen LogP contribution in [0.1, 0.15) is 16.1 Å². The Hall–Kier alpha value is -2.75. The molecule has 30 heavy (non-hydrogen) atoms. The van der Waals surface area contributed by atoms with Crippen LogP contribution in [0, 0.1) is 5.82 Å². The van der Waals surface area contributed by atoms with Crippen molar-refractivity contribution < 1.29 is 13.9 Å². The number of carbonyl (C=O) groups is 1. The third-order valence-electron chi connectivity index (χ3n) is 4.16. The number of benzene rings is 2. The molecular formula is C21H16FN3O2S3. The quantitative estimate of drug-likeness (QED) is 0.347. The third kappa shape index (κ3) is 4.69. The number of hydrogen-bond donors (Lipinski definition) is 1. The molecule has 5 nitrogen and oxygen atoms in total. The predicted molar refractivity (Wildman–Crippen MR) is 120 cm³/mol. The summed E-state index contributed by atoms with van der Waals surface area (Å²) in [5.74, 6) is 0.171. The maximum absolute atomic E-state index is 14.0. The average Bonchev–Trinajstić information content (AvgIpc) is 3.44. The molecule has 152 valence electrons. The third-order valence-corrected chi connectivity index (χ3v) is 6.66. The van der Waals surface area contributed by atoms with Crippen molar-refractivity contribution in [2.75, 3.05) is 12.4 Å². The van der Waals surface area contributed by atoms with Gasteiger partial charge in [-0.05, 0) is 30.3 Å². The molecule has 0 bridgehead atoms. The molecule has 0 spiro atoms. The highest BCUT2D eigenvalue weighted by molar-refractivity contribution is 7.98. The Bertz CT molecular complexity index is 1160. The molecule has 4 rings (SSSR count). The maximum Gasteiger partial charge on any atom is 0.258 e. The van der Waals surface area contributed by atoms with Crippen molar-refractivity contribution in [3.05, 3.63) is 75.8 Å². The summed E-state index contributed by atoms with van der Waals surface area (Å²) in [6, 6.07) is 12.1. The number of thiazole rings is 2. The number of aromatic nitrogens is 2. The molecule has 0 aliphatic rings. The topological polar surface area (TPSA) is 64.1 Å². The first-order valence-electron chi connectivity index (χ1n) is 8.83. The van der Waals surface area contributed by atoms with Crippen LogP contribution < -0.4 is 10.1 Å². The van der Waals surface area contributed by atoms with E-state index in [2.05, 4.69) is 15.3 Å². The summed E-state index contributed by atoms with van der Waals surface area (Å²) < 4.78 is 18.9. The van der Waals surface area contributed by atoms with Crippen LogP contribution in [-0.4, -0.2) is 23.0 Å². The number of nitrogens with zero attached hydrogens (tertiary/aromatic N) is 2. The monoisotopic (exact) mass is 457 g/mol. The average molecular weight is 458 g/mol. The number of rotatable bonds is 7. The Morgan fingerprint density at radius 3 is 2.87 bits per heavy atom. The Morgan fingerprint density at radius 1 is 1.23 bits per heavy atom. The lowest BCUT2D eigenvalue weighted by molar-refractivity contribution is 0.102. The van der Waals surface area contributed by atoms with E-state index in [0.717, 1.165) is 10.6 Å². The van der Waals surface area contributed by atoms with E-state index in [-0.39, 0.29) is 11.7 Å². The van der Waals surface area contributed by atoms with Crippen LogP contribution in [0.15, 0.2) is 63.6 Å². The SMILES string of the molecule is COc1ccc(-c2csc(NC(=O)c3ccccc3SCc3cscn3)n2)cc1F. The van der Waals surface area contributed by atoms with Crippen molar-refractivity contribution in [3.8, 4) is 17.0 Å². The van der Waals surface area contributed by atoms with E-state index in [4.69, 9.17) is 4.74 Å². The van der Waals surface area contributed by atoms with Gasteiger partial charge in [-0.25, -0.2) is 14.4 Å². The van der Waals surface area contributed by atoms with E-state index in [1.165, 1.54) is 24.5 Å². The number of hydrogen-bond acceptors (Lipinski definition) is 7. The number of amides is 1. The van der Waals surface area contributed by atoms with Gasteiger partial charge in [0.25, 0.3) is 5.91 Å². The molecule has 2 heterocycles. The number of nitrogens with one attached hydrogen (secondary N) is 1. The van der Waals surface area contributed by atoms with Gasteiger partial charge in [0.2, 0.25) is 0 Å². The van der Waals surface area contributed by atoms with Gasteiger partial charge in [-0.15, -0.1) is 34.4 Å². The van der Waals surface area contributed by atoms with Gasteiger partial charge >= 0.3 is 0 Å². The lowest BCUT2D eigenvalue weighted by atomic mass is 10.1. The van der Waals surface area contributed by atoms with Gasteiger partial charge in [0, 0.05) is 27.0 Å². The smallest absolute Gasteiger partial charge is 0.258 e. The molecular weight excluding hydrogens is 441 g/mol. The molecule has 0 saturated heterocycles. The van der Waals surface area contributed by atoms with E-state index in [1.54, 1.807) is 52.2 Å². The van der Waals surface area contributed by atoms with Gasteiger partial charge in [0.1, 0.15) is 0 Å². The fourth-order valence-corrected chi connectivity index (χ4v) is 5.03. The van der Waals surface area contributed by atoms with Crippen molar-refractivity contribution >= 4 is 45.5 Å². The Morgan fingerprint density at radius 2 is 2.10 bits per heavy atom. The number of methoxy groups -OCH3 is 1. The van der Waals surface area contributed by atoms with Crippen molar-refractivity contribution in [2.45, 2.75) is 10.6 Å². The predicted octanol–water partition coefficient (Wildman–Crippen LogP) is 5.96. The second kappa shape index (κ2) is 9.38. The minimum atomic E-state index is -0.459. The largest absolute Gasteiger partial charge is 0.494 e. The fraction of sp³-hybridized carbons (Fsp3) is 0.0952. The molecule has 0 saturated carbocycles.